The summed E-state index contributed by atoms with van der Waals surface area (Å²) in [6.45, 7) is 5.42. The van der Waals surface area contributed by atoms with Gasteiger partial charge in [-0.25, -0.2) is 4.39 Å². The van der Waals surface area contributed by atoms with E-state index >= 15 is 0 Å². The SMILES string of the molecule is CC[C@@H](NC(=O)c1cc(C(=O)N2CCC[C@@H]2C)n2c1COCC2)c1ccc(C(F)(F)F)c(F)c1. The van der Waals surface area contributed by atoms with Gasteiger partial charge < -0.3 is 19.5 Å². The number of nitrogens with one attached hydrogen (secondary N) is 1. The number of rotatable bonds is 5. The van der Waals surface area contributed by atoms with Gasteiger partial charge >= 0.3 is 6.18 Å². The van der Waals surface area contributed by atoms with Gasteiger partial charge in [-0.15, -0.1) is 0 Å². The van der Waals surface area contributed by atoms with Crippen LogP contribution in [0.25, 0.3) is 0 Å². The predicted octanol–water partition coefficient (Wildman–Crippen LogP) is 4.68. The highest BCUT2D eigenvalue weighted by atomic mass is 19.4. The highest BCUT2D eigenvalue weighted by Gasteiger charge is 2.35. The third-order valence-electron chi connectivity index (χ3n) is 6.60. The maximum Gasteiger partial charge on any atom is 0.419 e. The molecular formula is C24H27F4N3O3. The van der Waals surface area contributed by atoms with E-state index in [0.717, 1.165) is 18.9 Å². The molecule has 1 saturated heterocycles. The molecule has 1 aromatic carbocycles. The minimum atomic E-state index is -4.80. The minimum Gasteiger partial charge on any atom is -0.373 e. The van der Waals surface area contributed by atoms with Crippen LogP contribution in [0.3, 0.4) is 0 Å². The first-order chi connectivity index (χ1) is 16.1. The quantitative estimate of drug-likeness (QED) is 0.631. The molecule has 2 atom stereocenters. The Morgan fingerprint density at radius 3 is 2.62 bits per heavy atom. The van der Waals surface area contributed by atoms with Gasteiger partial charge in [0.1, 0.15) is 11.5 Å². The van der Waals surface area contributed by atoms with E-state index in [1.54, 1.807) is 17.9 Å². The largest absolute Gasteiger partial charge is 0.419 e. The molecule has 2 aromatic rings. The Morgan fingerprint density at radius 1 is 1.24 bits per heavy atom. The van der Waals surface area contributed by atoms with E-state index < -0.39 is 29.5 Å². The molecule has 1 N–H and O–H groups in total. The molecule has 1 fully saturated rings. The summed E-state index contributed by atoms with van der Waals surface area (Å²) in [6, 6.07) is 3.63. The van der Waals surface area contributed by atoms with E-state index in [-0.39, 0.29) is 29.7 Å². The van der Waals surface area contributed by atoms with E-state index in [9.17, 15) is 27.2 Å². The predicted molar refractivity (Wildman–Crippen MR) is 116 cm³/mol. The molecular weight excluding hydrogens is 454 g/mol. The average Bonchev–Trinajstić information content (AvgIpc) is 3.39. The number of benzene rings is 1. The number of likely N-dealkylation sites (tertiary alicyclic amines) is 1. The second-order valence-corrected chi connectivity index (χ2v) is 8.76. The maximum absolute atomic E-state index is 14.1. The molecule has 0 saturated carbocycles. The lowest BCUT2D eigenvalue weighted by Gasteiger charge is -2.24. The van der Waals surface area contributed by atoms with E-state index in [2.05, 4.69) is 5.32 Å². The lowest BCUT2D eigenvalue weighted by molar-refractivity contribution is -0.140. The first-order valence-electron chi connectivity index (χ1n) is 11.4. The van der Waals surface area contributed by atoms with Gasteiger partial charge in [0.25, 0.3) is 11.8 Å². The van der Waals surface area contributed by atoms with Crippen molar-refractivity contribution in [2.24, 2.45) is 0 Å². The fourth-order valence-electron chi connectivity index (χ4n) is 4.72. The molecule has 2 aliphatic rings. The van der Waals surface area contributed by atoms with Crippen molar-refractivity contribution in [1.82, 2.24) is 14.8 Å². The molecule has 2 amide bonds. The van der Waals surface area contributed by atoms with E-state index in [4.69, 9.17) is 4.74 Å². The van der Waals surface area contributed by atoms with Gasteiger partial charge in [-0.2, -0.15) is 13.2 Å². The molecule has 0 spiro atoms. The Morgan fingerprint density at radius 2 is 2.00 bits per heavy atom. The monoisotopic (exact) mass is 481 g/mol. The summed E-state index contributed by atoms with van der Waals surface area (Å²) < 4.78 is 60.1. The van der Waals surface area contributed by atoms with Crippen molar-refractivity contribution in [1.29, 1.82) is 0 Å². The number of amides is 2. The Balaban J connectivity index is 1.61. The van der Waals surface area contributed by atoms with Crippen molar-refractivity contribution >= 4 is 11.8 Å². The molecule has 0 radical (unpaired) electrons. The van der Waals surface area contributed by atoms with Crippen molar-refractivity contribution < 1.29 is 31.9 Å². The van der Waals surface area contributed by atoms with Crippen LogP contribution in [-0.4, -0.2) is 40.5 Å². The number of carbonyl (C=O) groups excluding carboxylic acids is 2. The summed E-state index contributed by atoms with van der Waals surface area (Å²) in [5, 5.41) is 2.78. The summed E-state index contributed by atoms with van der Waals surface area (Å²) >= 11 is 0. The number of hydrogen-bond acceptors (Lipinski definition) is 3. The lowest BCUT2D eigenvalue weighted by atomic mass is 10.0. The van der Waals surface area contributed by atoms with Gasteiger partial charge in [0.05, 0.1) is 36.1 Å². The summed E-state index contributed by atoms with van der Waals surface area (Å²) in [5.41, 5.74) is 0.155. The van der Waals surface area contributed by atoms with E-state index in [0.29, 0.717) is 43.6 Å². The number of nitrogens with zero attached hydrogens (tertiary/aromatic N) is 2. The van der Waals surface area contributed by atoms with Crippen molar-refractivity contribution in [3.8, 4) is 0 Å². The van der Waals surface area contributed by atoms with Crippen LogP contribution in [0, 0.1) is 5.82 Å². The normalized spacial score (nSPS) is 19.1. The zero-order chi connectivity index (χ0) is 24.6. The summed E-state index contributed by atoms with van der Waals surface area (Å²) in [5.74, 6) is -2.01. The summed E-state index contributed by atoms with van der Waals surface area (Å²) in [6.07, 6.45) is -2.61. The van der Waals surface area contributed by atoms with Crippen molar-refractivity contribution in [2.75, 3.05) is 13.2 Å². The second-order valence-electron chi connectivity index (χ2n) is 8.76. The van der Waals surface area contributed by atoms with Gasteiger partial charge in [-0.1, -0.05) is 13.0 Å². The Bertz CT molecular complexity index is 1100. The third-order valence-corrected chi connectivity index (χ3v) is 6.60. The highest BCUT2D eigenvalue weighted by Crippen LogP contribution is 2.33. The molecule has 2 aliphatic heterocycles. The van der Waals surface area contributed by atoms with Crippen LogP contribution in [0.5, 0.6) is 0 Å². The second kappa shape index (κ2) is 9.40. The van der Waals surface area contributed by atoms with Gasteiger partial charge in [-0.3, -0.25) is 9.59 Å². The lowest BCUT2D eigenvalue weighted by Crippen LogP contribution is -2.35. The minimum absolute atomic E-state index is 0.120. The number of ether oxygens (including phenoxy) is 1. The topological polar surface area (TPSA) is 63.6 Å². The van der Waals surface area contributed by atoms with Crippen molar-refractivity contribution in [2.45, 2.75) is 64.5 Å². The van der Waals surface area contributed by atoms with Gasteiger partial charge in [0.15, 0.2) is 0 Å². The maximum atomic E-state index is 14.1. The van der Waals surface area contributed by atoms with Crippen molar-refractivity contribution in [3.05, 3.63) is 58.2 Å². The first kappa shape index (κ1) is 24.3. The van der Waals surface area contributed by atoms with Crippen LogP contribution in [0.1, 0.15) is 76.8 Å². The number of fused-ring (bicyclic) bond motifs is 1. The Hall–Kier alpha value is -2.88. The van der Waals surface area contributed by atoms with E-state index in [1.165, 1.54) is 6.07 Å². The van der Waals surface area contributed by atoms with Gasteiger partial charge in [0.2, 0.25) is 0 Å². The fourth-order valence-corrected chi connectivity index (χ4v) is 4.72. The van der Waals surface area contributed by atoms with Crippen LogP contribution in [0.4, 0.5) is 17.6 Å². The Labute approximate surface area is 194 Å². The molecule has 3 heterocycles. The molecule has 6 nitrogen and oxygen atoms in total. The fraction of sp³-hybridized carbons (Fsp3) is 0.500. The summed E-state index contributed by atoms with van der Waals surface area (Å²) in [4.78, 5) is 28.2. The van der Waals surface area contributed by atoms with Crippen LogP contribution in [0.2, 0.25) is 0 Å². The van der Waals surface area contributed by atoms with Crippen molar-refractivity contribution in [3.63, 3.8) is 0 Å². The first-order valence-corrected chi connectivity index (χ1v) is 11.4. The van der Waals surface area contributed by atoms with Gasteiger partial charge in [-0.05, 0) is 49.9 Å². The Kier molecular flexibility index (Phi) is 6.71. The zero-order valence-corrected chi connectivity index (χ0v) is 19.0. The molecule has 0 bridgehead atoms. The average molecular weight is 481 g/mol. The molecule has 34 heavy (non-hydrogen) atoms. The molecule has 10 heteroatoms. The third kappa shape index (κ3) is 4.55. The number of hydrogen-bond donors (Lipinski definition) is 1. The molecule has 184 valence electrons. The van der Waals surface area contributed by atoms with Crippen LogP contribution in [0.15, 0.2) is 24.3 Å². The van der Waals surface area contributed by atoms with Gasteiger partial charge in [0, 0.05) is 19.1 Å². The van der Waals surface area contributed by atoms with Crippen LogP contribution >= 0.6 is 0 Å². The number of aromatic nitrogens is 1. The number of halogens is 4. The molecule has 4 rings (SSSR count). The number of alkyl halides is 3. The van der Waals surface area contributed by atoms with E-state index in [1.807, 2.05) is 11.5 Å². The highest BCUT2D eigenvalue weighted by molar-refractivity contribution is 6.01. The van der Waals surface area contributed by atoms with Crippen LogP contribution in [-0.2, 0) is 24.1 Å². The molecule has 0 aliphatic carbocycles. The van der Waals surface area contributed by atoms with Crippen LogP contribution < -0.4 is 5.32 Å². The summed E-state index contributed by atoms with van der Waals surface area (Å²) in [7, 11) is 0. The zero-order valence-electron chi connectivity index (χ0n) is 19.0. The molecule has 1 aromatic heterocycles. The standard InChI is InChI=1S/C24H27F4N3O3/c1-3-19(15-6-7-17(18(25)11-15)24(26,27)28)29-22(32)16-12-20(31-9-10-34-13-21(16)31)23(33)30-8-4-5-14(30)2/h6-7,11-12,14,19H,3-5,8-10,13H2,1-2H3,(H,29,32)/t14-,19+/m0/s1. The number of carbonyl (C=O) groups is 2. The smallest absolute Gasteiger partial charge is 0.373 e. The molecule has 0 unspecified atom stereocenters.